The van der Waals surface area contributed by atoms with Crippen molar-refractivity contribution in [1.82, 2.24) is 25.0 Å². The number of carbonyl (C=O) groups is 1. The molecule has 2 atom stereocenters. The Morgan fingerprint density at radius 1 is 1.25 bits per heavy atom. The molecule has 2 fully saturated rings. The molecule has 24 heavy (non-hydrogen) atoms. The van der Waals surface area contributed by atoms with Gasteiger partial charge in [0.05, 0.1) is 5.69 Å². The van der Waals surface area contributed by atoms with Gasteiger partial charge in [-0.15, -0.1) is 0 Å². The van der Waals surface area contributed by atoms with Crippen LogP contribution in [-0.2, 0) is 6.54 Å². The van der Waals surface area contributed by atoms with Gasteiger partial charge >= 0.3 is 6.03 Å². The lowest BCUT2D eigenvalue weighted by Gasteiger charge is -2.37. The van der Waals surface area contributed by atoms with Gasteiger partial charge in [-0.2, -0.15) is 5.10 Å². The lowest BCUT2D eigenvalue weighted by atomic mass is 9.92. The standard InChI is InChI=1S/C18H23N5O/c24-18(22-9-3-6-15-5-2-8-17(15)22)20-11-14-4-1-7-16(10-14)23-13-19-12-21-23/h1,4,7,10,12-13,15,17H,2-3,5-6,8-9,11H2,(H,20,24)/t15-,17-/m1/s1. The molecule has 2 heterocycles. The molecule has 6 heteroatoms. The minimum atomic E-state index is 0.0813. The molecule has 0 bridgehead atoms. The Kier molecular flexibility index (Phi) is 4.19. The molecule has 2 amide bonds. The second-order valence-electron chi connectivity index (χ2n) is 6.76. The maximum absolute atomic E-state index is 12.6. The monoisotopic (exact) mass is 325 g/mol. The zero-order valence-electron chi connectivity index (χ0n) is 13.8. The van der Waals surface area contributed by atoms with E-state index in [1.807, 2.05) is 24.3 Å². The number of amides is 2. The molecule has 1 aromatic heterocycles. The summed E-state index contributed by atoms with van der Waals surface area (Å²) in [5, 5.41) is 7.24. The topological polar surface area (TPSA) is 63.1 Å². The number of urea groups is 1. The van der Waals surface area contributed by atoms with Gasteiger partial charge in [0, 0.05) is 19.1 Å². The predicted octanol–water partition coefficient (Wildman–Crippen LogP) is 2.74. The van der Waals surface area contributed by atoms with Crippen LogP contribution in [0.3, 0.4) is 0 Å². The molecule has 4 rings (SSSR count). The number of nitrogens with one attached hydrogen (secondary N) is 1. The van der Waals surface area contributed by atoms with Crippen molar-refractivity contribution >= 4 is 6.03 Å². The van der Waals surface area contributed by atoms with Crippen molar-refractivity contribution in [1.29, 1.82) is 0 Å². The average Bonchev–Trinajstić information content (AvgIpc) is 3.30. The van der Waals surface area contributed by atoms with E-state index in [9.17, 15) is 4.79 Å². The third-order valence-corrected chi connectivity index (χ3v) is 5.29. The summed E-state index contributed by atoms with van der Waals surface area (Å²) in [6, 6.07) is 8.55. The van der Waals surface area contributed by atoms with Gasteiger partial charge in [0.15, 0.2) is 0 Å². The van der Waals surface area contributed by atoms with E-state index in [2.05, 4.69) is 20.3 Å². The fourth-order valence-electron chi connectivity index (χ4n) is 4.14. The maximum Gasteiger partial charge on any atom is 0.317 e. The Morgan fingerprint density at radius 2 is 2.17 bits per heavy atom. The number of hydrogen-bond donors (Lipinski definition) is 1. The van der Waals surface area contributed by atoms with Gasteiger partial charge in [0.25, 0.3) is 0 Å². The van der Waals surface area contributed by atoms with Crippen LogP contribution < -0.4 is 5.32 Å². The van der Waals surface area contributed by atoms with Crippen LogP contribution in [-0.4, -0.2) is 38.3 Å². The van der Waals surface area contributed by atoms with E-state index < -0.39 is 0 Å². The van der Waals surface area contributed by atoms with Crippen molar-refractivity contribution in [3.63, 3.8) is 0 Å². The van der Waals surface area contributed by atoms with Gasteiger partial charge in [-0.3, -0.25) is 0 Å². The number of rotatable bonds is 3. The lowest BCUT2D eigenvalue weighted by molar-refractivity contribution is 0.128. The normalized spacial score (nSPS) is 23.1. The second-order valence-corrected chi connectivity index (χ2v) is 6.76. The van der Waals surface area contributed by atoms with Gasteiger partial charge in [0.1, 0.15) is 12.7 Å². The Hall–Kier alpha value is -2.37. The number of aromatic nitrogens is 3. The fourth-order valence-corrected chi connectivity index (χ4v) is 4.14. The second kappa shape index (κ2) is 6.63. The molecule has 1 saturated heterocycles. The Labute approximate surface area is 141 Å². The summed E-state index contributed by atoms with van der Waals surface area (Å²) in [5.74, 6) is 0.722. The summed E-state index contributed by atoms with van der Waals surface area (Å²) >= 11 is 0. The first-order chi connectivity index (χ1) is 11.8. The van der Waals surface area contributed by atoms with Crippen LogP contribution in [0.2, 0.25) is 0 Å². The Bertz CT molecular complexity index is 699. The molecule has 0 unspecified atom stereocenters. The van der Waals surface area contributed by atoms with Crippen LogP contribution in [0.15, 0.2) is 36.9 Å². The van der Waals surface area contributed by atoms with Crippen molar-refractivity contribution in [3.8, 4) is 5.69 Å². The van der Waals surface area contributed by atoms with E-state index in [0.29, 0.717) is 12.6 Å². The van der Waals surface area contributed by atoms with Crippen LogP contribution in [0.1, 0.15) is 37.7 Å². The first-order valence-electron chi connectivity index (χ1n) is 8.80. The molecule has 1 N–H and O–H groups in total. The quantitative estimate of drug-likeness (QED) is 0.944. The molecule has 2 aromatic rings. The average molecular weight is 325 g/mol. The molecule has 6 nitrogen and oxygen atoms in total. The number of nitrogens with zero attached hydrogens (tertiary/aromatic N) is 4. The van der Waals surface area contributed by atoms with Crippen LogP contribution in [0.4, 0.5) is 4.79 Å². The highest BCUT2D eigenvalue weighted by Crippen LogP contribution is 2.36. The summed E-state index contributed by atoms with van der Waals surface area (Å²) in [6.07, 6.45) is 9.33. The molecule has 126 valence electrons. The number of fused-ring (bicyclic) bond motifs is 1. The van der Waals surface area contributed by atoms with Gasteiger partial charge in [-0.1, -0.05) is 18.6 Å². The fraction of sp³-hybridized carbons (Fsp3) is 0.500. The number of carbonyl (C=O) groups excluding carboxylic acids is 1. The highest BCUT2D eigenvalue weighted by Gasteiger charge is 2.37. The summed E-state index contributed by atoms with van der Waals surface area (Å²) in [4.78, 5) is 18.7. The van der Waals surface area contributed by atoms with Gasteiger partial charge in [-0.25, -0.2) is 14.5 Å². The first kappa shape index (κ1) is 15.2. The third-order valence-electron chi connectivity index (χ3n) is 5.29. The van der Waals surface area contributed by atoms with Gasteiger partial charge in [-0.05, 0) is 49.3 Å². The minimum Gasteiger partial charge on any atom is -0.334 e. The zero-order valence-corrected chi connectivity index (χ0v) is 13.8. The molecule has 1 aliphatic carbocycles. The third kappa shape index (κ3) is 3.00. The molecule has 1 aliphatic heterocycles. The van der Waals surface area contributed by atoms with Gasteiger partial charge in [0.2, 0.25) is 0 Å². The summed E-state index contributed by atoms with van der Waals surface area (Å²) in [6.45, 7) is 1.43. The molecule has 2 aliphatic rings. The van der Waals surface area contributed by atoms with Crippen molar-refractivity contribution in [2.45, 2.75) is 44.7 Å². The van der Waals surface area contributed by atoms with E-state index in [0.717, 1.165) is 30.1 Å². The summed E-state index contributed by atoms with van der Waals surface area (Å²) < 4.78 is 1.72. The molecule has 0 radical (unpaired) electrons. The summed E-state index contributed by atoms with van der Waals surface area (Å²) in [5.41, 5.74) is 2.02. The number of piperidine rings is 1. The molecule has 1 saturated carbocycles. The number of benzene rings is 1. The van der Waals surface area contributed by atoms with Gasteiger partial charge < -0.3 is 10.2 Å². The van der Waals surface area contributed by atoms with Crippen molar-refractivity contribution in [3.05, 3.63) is 42.5 Å². The van der Waals surface area contributed by atoms with Crippen LogP contribution in [0.5, 0.6) is 0 Å². The SMILES string of the molecule is O=C(NCc1cccc(-n2cncn2)c1)N1CCC[C@H]2CCC[C@H]21. The van der Waals surface area contributed by atoms with Crippen LogP contribution >= 0.6 is 0 Å². The predicted molar refractivity (Wildman–Crippen MR) is 90.7 cm³/mol. The highest BCUT2D eigenvalue weighted by molar-refractivity contribution is 5.74. The smallest absolute Gasteiger partial charge is 0.317 e. The minimum absolute atomic E-state index is 0.0813. The Morgan fingerprint density at radius 3 is 3.04 bits per heavy atom. The van der Waals surface area contributed by atoms with Crippen LogP contribution in [0, 0.1) is 5.92 Å². The molecular formula is C18H23N5O. The lowest BCUT2D eigenvalue weighted by Crippen LogP contribution is -2.50. The van der Waals surface area contributed by atoms with E-state index in [-0.39, 0.29) is 6.03 Å². The van der Waals surface area contributed by atoms with Crippen molar-refractivity contribution in [2.24, 2.45) is 5.92 Å². The summed E-state index contributed by atoms with van der Waals surface area (Å²) in [7, 11) is 0. The maximum atomic E-state index is 12.6. The van der Waals surface area contributed by atoms with E-state index in [1.165, 1.54) is 32.0 Å². The van der Waals surface area contributed by atoms with Crippen molar-refractivity contribution in [2.75, 3.05) is 6.54 Å². The van der Waals surface area contributed by atoms with Crippen molar-refractivity contribution < 1.29 is 4.79 Å². The molecule has 1 aromatic carbocycles. The Balaban J connectivity index is 1.40. The number of likely N-dealkylation sites (tertiary alicyclic amines) is 1. The molecular weight excluding hydrogens is 302 g/mol. The highest BCUT2D eigenvalue weighted by atomic mass is 16.2. The number of hydrogen-bond acceptors (Lipinski definition) is 3. The zero-order chi connectivity index (χ0) is 16.4. The molecule has 0 spiro atoms. The first-order valence-corrected chi connectivity index (χ1v) is 8.80. The van der Waals surface area contributed by atoms with Crippen LogP contribution in [0.25, 0.3) is 5.69 Å². The van der Waals surface area contributed by atoms with E-state index in [1.54, 1.807) is 11.0 Å². The van der Waals surface area contributed by atoms with E-state index in [4.69, 9.17) is 0 Å². The largest absolute Gasteiger partial charge is 0.334 e. The van der Waals surface area contributed by atoms with E-state index >= 15 is 0 Å².